The molecule has 101 heavy (non-hydrogen) atoms. The molecular formula is C71H108F4N12O14. The van der Waals surface area contributed by atoms with Crippen LogP contribution in [0.25, 0.3) is 0 Å². The lowest BCUT2D eigenvalue weighted by atomic mass is 9.90. The van der Waals surface area contributed by atoms with Gasteiger partial charge in [0.1, 0.15) is 65.7 Å². The number of hydrogen-bond acceptors (Lipinski definition) is 14. The molecule has 5 heterocycles. The lowest BCUT2D eigenvalue weighted by molar-refractivity contribution is -0.161. The van der Waals surface area contributed by atoms with E-state index in [0.29, 0.717) is 57.1 Å². The van der Waals surface area contributed by atoms with Crippen molar-refractivity contribution in [1.29, 1.82) is 0 Å². The first-order chi connectivity index (χ1) is 47.5. The molecule has 30 heteroatoms. The third-order valence-corrected chi connectivity index (χ3v) is 21.9. The van der Waals surface area contributed by atoms with E-state index in [1.807, 2.05) is 34.6 Å². The predicted octanol–water partition coefficient (Wildman–Crippen LogP) is 3.74. The van der Waals surface area contributed by atoms with Crippen LogP contribution >= 0.6 is 0 Å². The van der Waals surface area contributed by atoms with Gasteiger partial charge in [-0.25, -0.2) is 4.39 Å². The number of nitrogens with zero attached hydrogens (tertiary/aromatic N) is 9. The average molecular weight is 1430 g/mol. The molecular weight excluding hydrogens is 1320 g/mol. The van der Waals surface area contributed by atoms with Crippen LogP contribution in [0.5, 0.6) is 0 Å². The fourth-order valence-electron chi connectivity index (χ4n) is 15.0. The number of likely N-dealkylation sites (N-methyl/N-ethyl adjacent to an activating group) is 6. The molecule has 26 nitrogen and oxygen atoms in total. The minimum atomic E-state index is -5.01. The number of hydrogen-bond donors (Lipinski definition) is 3. The van der Waals surface area contributed by atoms with E-state index in [-0.39, 0.29) is 114 Å². The number of ether oxygens (including phenoxy) is 2. The summed E-state index contributed by atoms with van der Waals surface area (Å²) in [5.74, 6) is -11.3. The van der Waals surface area contributed by atoms with Crippen LogP contribution in [0.15, 0.2) is 18.2 Å². The molecule has 2 unspecified atom stereocenters. The number of benzene rings is 1. The summed E-state index contributed by atoms with van der Waals surface area (Å²) in [6, 6.07) is -10.2. The number of aryl methyl sites for hydroxylation is 1. The Kier molecular flexibility index (Phi) is 27.7. The van der Waals surface area contributed by atoms with Crippen molar-refractivity contribution >= 4 is 70.9 Å². The zero-order chi connectivity index (χ0) is 74.9. The van der Waals surface area contributed by atoms with Crippen molar-refractivity contribution in [3.8, 4) is 0 Å². The minimum Gasteiger partial charge on any atom is -0.379 e. The molecule has 5 aliphatic heterocycles. The minimum absolute atomic E-state index is 0.0275. The highest BCUT2D eigenvalue weighted by molar-refractivity contribution is 6.01. The van der Waals surface area contributed by atoms with Gasteiger partial charge in [0.2, 0.25) is 70.9 Å². The number of alkyl halides is 3. The quantitative estimate of drug-likeness (QED) is 0.177. The number of carbonyl (C=O) groups is 12. The zero-order valence-corrected chi connectivity index (χ0v) is 61.3. The molecule has 3 N–H and O–H groups in total. The summed E-state index contributed by atoms with van der Waals surface area (Å²) < 4.78 is 67.8. The van der Waals surface area contributed by atoms with Gasteiger partial charge < -0.3 is 69.5 Å². The zero-order valence-electron chi connectivity index (χ0n) is 61.3. The summed E-state index contributed by atoms with van der Waals surface area (Å²) in [6.45, 7) is 13.8. The lowest BCUT2D eigenvalue weighted by Crippen LogP contribution is -2.65. The van der Waals surface area contributed by atoms with Gasteiger partial charge in [-0.3, -0.25) is 57.5 Å². The van der Waals surface area contributed by atoms with E-state index in [4.69, 9.17) is 9.47 Å². The van der Waals surface area contributed by atoms with Crippen molar-refractivity contribution in [2.45, 2.75) is 236 Å². The second kappa shape index (κ2) is 34.6. The molecule has 0 aromatic heterocycles. The maximum Gasteiger partial charge on any atom is 0.419 e. The van der Waals surface area contributed by atoms with Crippen LogP contribution < -0.4 is 16.0 Å². The monoisotopic (exact) mass is 1430 g/mol. The van der Waals surface area contributed by atoms with Crippen LogP contribution in [0.1, 0.15) is 163 Å². The van der Waals surface area contributed by atoms with Gasteiger partial charge in [0.05, 0.1) is 50.4 Å². The van der Waals surface area contributed by atoms with Crippen molar-refractivity contribution in [2.24, 2.45) is 17.8 Å². The second-order valence-corrected chi connectivity index (χ2v) is 29.2. The van der Waals surface area contributed by atoms with Gasteiger partial charge in [0, 0.05) is 62.0 Å². The number of rotatable bonds is 14. The maximum absolute atomic E-state index is 15.7. The van der Waals surface area contributed by atoms with E-state index in [1.54, 1.807) is 18.7 Å². The van der Waals surface area contributed by atoms with Gasteiger partial charge >= 0.3 is 6.18 Å². The smallest absolute Gasteiger partial charge is 0.379 e. The standard InChI is InChI=1S/C71H108F4N12O14/c1-15-33-100-40-55-64(94)79(9)37-56(88)76-50(27-23-45-22-26-48(49(72)35-45)71(73,74)75)63(93)85-31-20-21-51(85)61(91)78-70(29-18-19-30-70)69(99)84(14)59(43(7)17-3)68(98)82(12)54(66(96)87-46-24-25-47(87)39-101-38-46)36-57(89)81(11)53(34-41(4)5)60(90)77-58(42(6)16-2)67(97)80(10)44(8)62(92)86-32-28-52(86)65(95)83(55)13/h22,26,35,41-44,46-47,50-55,58-59H,15-21,23-25,27-34,36-40H2,1-14H3,(H,76,88)(H,77,90)(H,78,91)/t42-,43-,44-,46?,47?,50-,51-,52-,53-,54-,55-,58-,59-/m0/s1. The highest BCUT2D eigenvalue weighted by Gasteiger charge is 2.53. The fraction of sp³-hybridized carbons (Fsp3) is 0.746. The summed E-state index contributed by atoms with van der Waals surface area (Å²) in [6.07, 6.45) is -1.96. The van der Waals surface area contributed by atoms with Crippen molar-refractivity contribution in [3.05, 3.63) is 35.1 Å². The van der Waals surface area contributed by atoms with Crippen LogP contribution in [-0.4, -0.2) is 275 Å². The molecule has 2 bridgehead atoms. The van der Waals surface area contributed by atoms with Gasteiger partial charge in [-0.2, -0.15) is 13.2 Å². The van der Waals surface area contributed by atoms with Crippen LogP contribution in [0.4, 0.5) is 17.6 Å². The summed E-state index contributed by atoms with van der Waals surface area (Å²) in [5.41, 5.74) is -3.11. The molecule has 1 aromatic carbocycles. The molecule has 6 fully saturated rings. The molecule has 0 radical (unpaired) electrons. The van der Waals surface area contributed by atoms with Gasteiger partial charge in [0.25, 0.3) is 0 Å². The third-order valence-electron chi connectivity index (χ3n) is 21.9. The van der Waals surface area contributed by atoms with E-state index in [1.165, 1.54) is 78.6 Å². The van der Waals surface area contributed by atoms with Crippen LogP contribution in [0.2, 0.25) is 0 Å². The van der Waals surface area contributed by atoms with Crippen molar-refractivity contribution in [3.63, 3.8) is 0 Å². The Morgan fingerprint density at radius 1 is 0.683 bits per heavy atom. The number of morpholine rings is 1. The number of amides is 12. The molecule has 13 atom stereocenters. The normalized spacial score (nSPS) is 28.7. The van der Waals surface area contributed by atoms with E-state index in [2.05, 4.69) is 16.0 Å². The summed E-state index contributed by atoms with van der Waals surface area (Å²) >= 11 is 0. The van der Waals surface area contributed by atoms with Crippen molar-refractivity contribution in [1.82, 2.24) is 60.0 Å². The van der Waals surface area contributed by atoms with Crippen molar-refractivity contribution < 1.29 is 84.6 Å². The Bertz CT molecular complexity index is 3190. The van der Waals surface area contributed by atoms with E-state index in [0.717, 1.165) is 15.9 Å². The number of carbonyl (C=O) groups excluding carboxylic acids is 12. The molecule has 5 saturated heterocycles. The summed E-state index contributed by atoms with van der Waals surface area (Å²) in [5, 5.41) is 8.58. The highest BCUT2D eigenvalue weighted by Crippen LogP contribution is 2.37. The predicted molar refractivity (Wildman–Crippen MR) is 362 cm³/mol. The van der Waals surface area contributed by atoms with Gasteiger partial charge in [-0.1, -0.05) is 80.2 Å². The Morgan fingerprint density at radius 3 is 1.89 bits per heavy atom. The Balaban J connectivity index is 1.30. The Morgan fingerprint density at radius 2 is 1.32 bits per heavy atom. The van der Waals surface area contributed by atoms with Gasteiger partial charge in [-0.15, -0.1) is 0 Å². The SMILES string of the molecule is CCCOC[C@H]1C(=O)N(C)CC(=O)N[C@@H](CCc2ccc(C(F)(F)F)c(F)c2)C(=O)N2CCC[C@H]2C(=O)NC2(CCCC2)C(=O)N(C)[C@@H]([C@@H](C)CC)C(=O)N(C)[C@H](C(=O)N2C3CCC2COC3)CC(=O)N(C)[C@@H](CC(C)C)C(=O)N[C@@H]([C@@H](C)CC)C(=O)N(C)[C@@H](C)C(=O)N2CC[C@H]2C(=O)N1C. The molecule has 1 aromatic rings. The molecule has 1 saturated carbocycles. The van der Waals surface area contributed by atoms with Crippen LogP contribution in [0.3, 0.4) is 0 Å². The molecule has 564 valence electrons. The first-order valence-corrected chi connectivity index (χ1v) is 36.0. The third kappa shape index (κ3) is 18.3. The summed E-state index contributed by atoms with van der Waals surface area (Å²) in [7, 11) is 8.29. The number of fused-ring (bicyclic) bond motifs is 4. The molecule has 12 amide bonds. The van der Waals surface area contributed by atoms with Crippen LogP contribution in [-0.2, 0) is 79.6 Å². The van der Waals surface area contributed by atoms with E-state index >= 15 is 33.2 Å². The number of nitrogens with one attached hydrogen (secondary N) is 3. The topological polar surface area (TPSA) is 289 Å². The highest BCUT2D eigenvalue weighted by atomic mass is 19.4. The summed E-state index contributed by atoms with van der Waals surface area (Å²) in [4.78, 5) is 191. The Labute approximate surface area is 590 Å². The first-order valence-electron chi connectivity index (χ1n) is 36.0. The van der Waals surface area contributed by atoms with Gasteiger partial charge in [0.15, 0.2) is 0 Å². The van der Waals surface area contributed by atoms with E-state index in [9.17, 15) is 41.9 Å². The first kappa shape index (κ1) is 80.8. The fourth-order valence-corrected chi connectivity index (χ4v) is 15.0. The molecule has 7 rings (SSSR count). The maximum atomic E-state index is 15.7. The van der Waals surface area contributed by atoms with Crippen LogP contribution in [0, 0.1) is 23.6 Å². The Hall–Kier alpha value is -7.50. The average Bonchev–Trinajstić information content (AvgIpc) is 1.77. The molecule has 1 spiro atoms. The largest absolute Gasteiger partial charge is 0.419 e. The van der Waals surface area contributed by atoms with Gasteiger partial charge in [-0.05, 0) is 113 Å². The van der Waals surface area contributed by atoms with E-state index < -0.39 is 173 Å². The second-order valence-electron chi connectivity index (χ2n) is 29.2. The molecule has 1 aliphatic carbocycles. The number of halogens is 4. The van der Waals surface area contributed by atoms with Crippen molar-refractivity contribution in [2.75, 3.05) is 88.3 Å². The molecule has 6 aliphatic rings. The lowest BCUT2D eigenvalue weighted by Gasteiger charge is -2.45.